The van der Waals surface area contributed by atoms with E-state index < -0.39 is 18.5 Å². The van der Waals surface area contributed by atoms with Crippen LogP contribution in [0.15, 0.2) is 47.8 Å². The van der Waals surface area contributed by atoms with Gasteiger partial charge in [0.05, 0.1) is 6.04 Å². The number of hydrogen-bond donors (Lipinski definition) is 2. The first kappa shape index (κ1) is 20.5. The molecule has 0 saturated carbocycles. The van der Waals surface area contributed by atoms with Gasteiger partial charge in [-0.25, -0.2) is 4.79 Å². The van der Waals surface area contributed by atoms with Gasteiger partial charge in [-0.05, 0) is 43.3 Å². The van der Waals surface area contributed by atoms with E-state index in [0.717, 1.165) is 10.4 Å². The molecular formula is C22H22N2O4S. The Morgan fingerprint density at radius 1 is 1.10 bits per heavy atom. The van der Waals surface area contributed by atoms with Gasteiger partial charge >= 0.3 is 5.97 Å². The van der Waals surface area contributed by atoms with Crippen molar-refractivity contribution in [2.45, 2.75) is 26.8 Å². The average molecular weight is 410 g/mol. The Hall–Kier alpha value is -3.19. The zero-order valence-electron chi connectivity index (χ0n) is 16.4. The van der Waals surface area contributed by atoms with Crippen molar-refractivity contribution in [2.75, 3.05) is 6.61 Å². The van der Waals surface area contributed by atoms with Gasteiger partial charge in [0.2, 0.25) is 0 Å². The summed E-state index contributed by atoms with van der Waals surface area (Å²) in [7, 11) is 0. The molecule has 1 atom stereocenters. The molecule has 2 aromatic heterocycles. The third-order valence-electron chi connectivity index (χ3n) is 4.59. The monoisotopic (exact) mass is 410 g/mol. The number of benzene rings is 1. The van der Waals surface area contributed by atoms with Crippen molar-refractivity contribution in [1.29, 1.82) is 0 Å². The van der Waals surface area contributed by atoms with E-state index in [4.69, 9.17) is 4.74 Å². The maximum absolute atomic E-state index is 12.5. The fourth-order valence-corrected chi connectivity index (χ4v) is 4.11. The van der Waals surface area contributed by atoms with Crippen molar-refractivity contribution in [1.82, 2.24) is 10.3 Å². The Morgan fingerprint density at radius 3 is 2.41 bits per heavy atom. The van der Waals surface area contributed by atoms with Crippen LogP contribution in [0.2, 0.25) is 0 Å². The standard InChI is InChI=1S/C22H22N2O4S/c1-13-19(15(3)25)14(2)23-20(13)22(27)28-12-18(26)24-21(17-10-7-11-29-17)16-8-5-4-6-9-16/h4-11,21,23H,12H2,1-3H3,(H,24,26)/t21-/m0/s1. The molecule has 6 nitrogen and oxygen atoms in total. The number of aromatic amines is 1. The van der Waals surface area contributed by atoms with Gasteiger partial charge in [-0.1, -0.05) is 36.4 Å². The second-order valence-electron chi connectivity index (χ2n) is 6.68. The normalized spacial score (nSPS) is 11.7. The largest absolute Gasteiger partial charge is 0.451 e. The molecule has 3 rings (SSSR count). The maximum Gasteiger partial charge on any atom is 0.355 e. The molecule has 0 saturated heterocycles. The summed E-state index contributed by atoms with van der Waals surface area (Å²) in [5.74, 6) is -1.20. The zero-order chi connectivity index (χ0) is 21.0. The lowest BCUT2D eigenvalue weighted by Gasteiger charge is -2.18. The number of hydrogen-bond acceptors (Lipinski definition) is 5. The van der Waals surface area contributed by atoms with Crippen molar-refractivity contribution in [3.8, 4) is 0 Å². The number of aryl methyl sites for hydroxylation is 1. The van der Waals surface area contributed by atoms with Crippen molar-refractivity contribution < 1.29 is 19.1 Å². The molecule has 2 N–H and O–H groups in total. The number of amides is 1. The second-order valence-corrected chi connectivity index (χ2v) is 7.66. The Morgan fingerprint density at radius 2 is 1.83 bits per heavy atom. The molecule has 7 heteroatoms. The molecule has 0 unspecified atom stereocenters. The summed E-state index contributed by atoms with van der Waals surface area (Å²) in [6, 6.07) is 13.1. The number of nitrogens with one attached hydrogen (secondary N) is 2. The maximum atomic E-state index is 12.5. The van der Waals surface area contributed by atoms with Crippen molar-refractivity contribution in [2.24, 2.45) is 0 Å². The van der Waals surface area contributed by atoms with Crippen LogP contribution >= 0.6 is 11.3 Å². The third kappa shape index (κ3) is 4.63. The van der Waals surface area contributed by atoms with E-state index in [2.05, 4.69) is 10.3 Å². The number of esters is 1. The van der Waals surface area contributed by atoms with Crippen LogP contribution in [0.5, 0.6) is 0 Å². The van der Waals surface area contributed by atoms with Gasteiger partial charge in [0.15, 0.2) is 12.4 Å². The SMILES string of the molecule is CC(=O)c1c(C)[nH]c(C(=O)OCC(=O)N[C@@H](c2ccccc2)c2cccs2)c1C. The van der Waals surface area contributed by atoms with Crippen LogP contribution in [0, 0.1) is 13.8 Å². The molecule has 0 spiro atoms. The minimum absolute atomic E-state index is 0.130. The van der Waals surface area contributed by atoms with Gasteiger partial charge in [-0.2, -0.15) is 0 Å². The van der Waals surface area contributed by atoms with Gasteiger partial charge in [0.25, 0.3) is 5.91 Å². The fraction of sp³-hybridized carbons (Fsp3) is 0.227. The summed E-state index contributed by atoms with van der Waals surface area (Å²) in [5.41, 5.74) is 2.74. The van der Waals surface area contributed by atoms with Crippen LogP contribution < -0.4 is 5.32 Å². The highest BCUT2D eigenvalue weighted by atomic mass is 32.1. The highest BCUT2D eigenvalue weighted by Gasteiger charge is 2.23. The second kappa shape index (κ2) is 8.87. The first-order valence-corrected chi connectivity index (χ1v) is 10.0. The van der Waals surface area contributed by atoms with Crippen LogP contribution in [-0.4, -0.2) is 29.3 Å². The van der Waals surface area contributed by atoms with Crippen LogP contribution in [-0.2, 0) is 9.53 Å². The highest BCUT2D eigenvalue weighted by Crippen LogP contribution is 2.26. The minimum atomic E-state index is -0.666. The predicted molar refractivity (Wildman–Crippen MR) is 111 cm³/mol. The van der Waals surface area contributed by atoms with Gasteiger partial charge < -0.3 is 15.0 Å². The topological polar surface area (TPSA) is 88.3 Å². The number of Topliss-reactive ketones (excluding diaryl/α,β-unsaturated/α-hetero) is 1. The number of aromatic nitrogens is 1. The lowest BCUT2D eigenvalue weighted by atomic mass is 10.1. The molecule has 0 aliphatic carbocycles. The lowest BCUT2D eigenvalue weighted by Crippen LogP contribution is -2.32. The Labute approximate surface area is 172 Å². The zero-order valence-corrected chi connectivity index (χ0v) is 17.3. The van der Waals surface area contributed by atoms with Crippen molar-refractivity contribution >= 4 is 29.0 Å². The summed E-state index contributed by atoms with van der Waals surface area (Å²) < 4.78 is 5.18. The number of carbonyl (C=O) groups is 3. The summed E-state index contributed by atoms with van der Waals surface area (Å²) in [5, 5.41) is 4.87. The molecule has 0 bridgehead atoms. The highest BCUT2D eigenvalue weighted by molar-refractivity contribution is 7.10. The number of carbonyl (C=O) groups excluding carboxylic acids is 3. The molecule has 3 aromatic rings. The Balaban J connectivity index is 1.68. The van der Waals surface area contributed by atoms with E-state index in [0.29, 0.717) is 16.8 Å². The van der Waals surface area contributed by atoms with Crippen molar-refractivity contribution in [3.05, 3.63) is 80.8 Å². The molecular weight excluding hydrogens is 388 g/mol. The van der Waals surface area contributed by atoms with Crippen LogP contribution in [0.4, 0.5) is 0 Å². The molecule has 2 heterocycles. The van der Waals surface area contributed by atoms with Gasteiger partial charge in [0.1, 0.15) is 5.69 Å². The molecule has 150 valence electrons. The number of H-pyrrole nitrogens is 1. The number of ether oxygens (including phenoxy) is 1. The molecule has 1 amide bonds. The Bertz CT molecular complexity index is 1020. The molecule has 0 aliphatic rings. The molecule has 0 aliphatic heterocycles. The summed E-state index contributed by atoms with van der Waals surface area (Å²) in [4.78, 5) is 40.5. The van der Waals surface area contributed by atoms with Gasteiger partial charge in [-0.15, -0.1) is 11.3 Å². The van der Waals surface area contributed by atoms with E-state index in [1.807, 2.05) is 47.8 Å². The van der Waals surface area contributed by atoms with E-state index in [1.165, 1.54) is 18.3 Å². The minimum Gasteiger partial charge on any atom is -0.451 e. The van der Waals surface area contributed by atoms with Gasteiger partial charge in [0, 0.05) is 16.1 Å². The lowest BCUT2D eigenvalue weighted by molar-refractivity contribution is -0.124. The Kier molecular flexibility index (Phi) is 6.29. The quantitative estimate of drug-likeness (QED) is 0.456. The summed E-state index contributed by atoms with van der Waals surface area (Å²) >= 11 is 1.54. The third-order valence-corrected chi connectivity index (χ3v) is 5.53. The number of ketones is 1. The van der Waals surface area contributed by atoms with Crippen LogP contribution in [0.3, 0.4) is 0 Å². The first-order chi connectivity index (χ1) is 13.9. The fourth-order valence-electron chi connectivity index (χ4n) is 3.31. The number of rotatable bonds is 7. The summed E-state index contributed by atoms with van der Waals surface area (Å²) in [6.07, 6.45) is 0. The smallest absolute Gasteiger partial charge is 0.355 e. The van der Waals surface area contributed by atoms with Crippen LogP contribution in [0.1, 0.15) is 55.5 Å². The van der Waals surface area contributed by atoms with E-state index in [-0.39, 0.29) is 17.5 Å². The molecule has 0 radical (unpaired) electrons. The van der Waals surface area contributed by atoms with E-state index >= 15 is 0 Å². The molecule has 1 aromatic carbocycles. The van der Waals surface area contributed by atoms with E-state index in [1.54, 1.807) is 13.8 Å². The van der Waals surface area contributed by atoms with E-state index in [9.17, 15) is 14.4 Å². The number of thiophene rings is 1. The van der Waals surface area contributed by atoms with Crippen LogP contribution in [0.25, 0.3) is 0 Å². The predicted octanol–water partition coefficient (Wildman–Crippen LogP) is 3.96. The average Bonchev–Trinajstić information content (AvgIpc) is 3.32. The molecule has 29 heavy (non-hydrogen) atoms. The van der Waals surface area contributed by atoms with Gasteiger partial charge in [-0.3, -0.25) is 9.59 Å². The van der Waals surface area contributed by atoms with Crippen molar-refractivity contribution in [3.63, 3.8) is 0 Å². The molecule has 0 fully saturated rings. The first-order valence-electron chi connectivity index (χ1n) is 9.13. The summed E-state index contributed by atoms with van der Waals surface area (Å²) in [6.45, 7) is 4.43.